The van der Waals surface area contributed by atoms with Crippen LogP contribution in [-0.4, -0.2) is 53.4 Å². The monoisotopic (exact) mass is 376 g/mol. The van der Waals surface area contributed by atoms with Gasteiger partial charge in [0.25, 0.3) is 0 Å². The Balaban J connectivity index is 1.45. The van der Waals surface area contributed by atoms with E-state index in [1.807, 2.05) is 29.7 Å². The number of fused-ring (bicyclic) bond motifs is 3. The number of nitrogens with one attached hydrogen (secondary N) is 1. The van der Waals surface area contributed by atoms with Gasteiger partial charge in [-0.05, 0) is 43.2 Å². The standard InChI is InChI=1S/C18H24N4O3S/c1-12-4-3-7-22-15(9-19-18(12)22)8-16(23)20-17-13-5-6-14(17)11-21(10-13)26(2,24)25/h3-4,7,9,13-14,17H,5-6,8,10-11H2,1-2H3,(H,20,23)/t13-,14+,17?. The van der Waals surface area contributed by atoms with Crippen molar-refractivity contribution in [1.82, 2.24) is 19.0 Å². The third-order valence-corrected chi connectivity index (χ3v) is 6.98. The van der Waals surface area contributed by atoms with E-state index < -0.39 is 10.0 Å². The van der Waals surface area contributed by atoms with Gasteiger partial charge in [-0.15, -0.1) is 0 Å². The summed E-state index contributed by atoms with van der Waals surface area (Å²) >= 11 is 0. The molecule has 1 aliphatic carbocycles. The molecule has 2 aromatic heterocycles. The summed E-state index contributed by atoms with van der Waals surface area (Å²) in [4.78, 5) is 17.0. The first-order chi connectivity index (χ1) is 12.3. The summed E-state index contributed by atoms with van der Waals surface area (Å²) in [5.74, 6) is 0.386. The Morgan fingerprint density at radius 1 is 1.31 bits per heavy atom. The number of piperidine rings is 1. The minimum Gasteiger partial charge on any atom is -0.352 e. The largest absolute Gasteiger partial charge is 0.352 e. The number of aryl methyl sites for hydroxylation is 1. The van der Waals surface area contributed by atoms with Gasteiger partial charge in [-0.3, -0.25) is 4.79 Å². The lowest BCUT2D eigenvalue weighted by molar-refractivity contribution is -0.122. The summed E-state index contributed by atoms with van der Waals surface area (Å²) in [7, 11) is -3.16. The Labute approximate surface area is 153 Å². The van der Waals surface area contributed by atoms with Crippen LogP contribution in [0.2, 0.25) is 0 Å². The van der Waals surface area contributed by atoms with E-state index in [2.05, 4.69) is 10.3 Å². The van der Waals surface area contributed by atoms with E-state index in [4.69, 9.17) is 0 Å². The number of carbonyl (C=O) groups excluding carboxylic acids is 1. The molecule has 1 saturated carbocycles. The molecule has 140 valence electrons. The molecule has 7 nitrogen and oxygen atoms in total. The Morgan fingerprint density at radius 3 is 2.65 bits per heavy atom. The summed E-state index contributed by atoms with van der Waals surface area (Å²) in [5, 5.41) is 3.17. The van der Waals surface area contributed by atoms with Crippen molar-refractivity contribution >= 4 is 21.6 Å². The van der Waals surface area contributed by atoms with E-state index in [1.54, 1.807) is 10.5 Å². The summed E-state index contributed by atoms with van der Waals surface area (Å²) in [6.45, 7) is 3.02. The summed E-state index contributed by atoms with van der Waals surface area (Å²) in [5.41, 5.74) is 2.81. The summed E-state index contributed by atoms with van der Waals surface area (Å²) in [6.07, 6.45) is 7.15. The molecule has 2 fully saturated rings. The number of aromatic nitrogens is 2. The maximum absolute atomic E-state index is 12.6. The fraction of sp³-hybridized carbons (Fsp3) is 0.556. The number of hydrogen-bond acceptors (Lipinski definition) is 4. The van der Waals surface area contributed by atoms with E-state index >= 15 is 0 Å². The van der Waals surface area contributed by atoms with Crippen molar-refractivity contribution in [1.29, 1.82) is 0 Å². The molecular formula is C18H24N4O3S. The first-order valence-corrected chi connectivity index (χ1v) is 10.8. The number of nitrogens with zero attached hydrogens (tertiary/aromatic N) is 3. The minimum absolute atomic E-state index is 0.0250. The van der Waals surface area contributed by atoms with Gasteiger partial charge in [-0.2, -0.15) is 0 Å². The van der Waals surface area contributed by atoms with Crippen molar-refractivity contribution < 1.29 is 13.2 Å². The zero-order valence-electron chi connectivity index (χ0n) is 15.1. The van der Waals surface area contributed by atoms with E-state index in [1.165, 1.54) is 6.26 Å². The van der Waals surface area contributed by atoms with Gasteiger partial charge in [0.05, 0.1) is 18.4 Å². The number of rotatable bonds is 4. The Bertz CT molecular complexity index is 938. The van der Waals surface area contributed by atoms with Crippen LogP contribution in [0.5, 0.6) is 0 Å². The van der Waals surface area contributed by atoms with E-state index in [0.717, 1.165) is 29.7 Å². The minimum atomic E-state index is -3.16. The highest BCUT2D eigenvalue weighted by Gasteiger charge is 2.44. The molecule has 2 aromatic rings. The number of carbonyl (C=O) groups is 1. The first kappa shape index (κ1) is 17.5. The van der Waals surface area contributed by atoms with E-state index in [-0.39, 0.29) is 30.2 Å². The number of pyridine rings is 1. The molecule has 1 saturated heterocycles. The molecule has 1 amide bonds. The van der Waals surface area contributed by atoms with Crippen LogP contribution in [0.3, 0.4) is 0 Å². The Kier molecular flexibility index (Phi) is 4.27. The second-order valence-electron chi connectivity index (χ2n) is 7.58. The lowest BCUT2D eigenvalue weighted by Gasteiger charge is -2.37. The lowest BCUT2D eigenvalue weighted by Crippen LogP contribution is -2.53. The number of hydrogen-bond donors (Lipinski definition) is 1. The van der Waals surface area contributed by atoms with Crippen molar-refractivity contribution in [3.8, 4) is 0 Å². The molecule has 8 heteroatoms. The molecule has 0 aromatic carbocycles. The van der Waals surface area contributed by atoms with Crippen molar-refractivity contribution in [3.63, 3.8) is 0 Å². The molecule has 1 aliphatic heterocycles. The van der Waals surface area contributed by atoms with Gasteiger partial charge in [0, 0.05) is 31.5 Å². The van der Waals surface area contributed by atoms with Crippen LogP contribution < -0.4 is 5.32 Å². The molecule has 0 radical (unpaired) electrons. The SMILES string of the molecule is Cc1cccn2c(CC(=O)NC3[C@@H]4CC[C@H]3CN(S(C)(=O)=O)C4)cnc12. The van der Waals surface area contributed by atoms with E-state index in [0.29, 0.717) is 13.1 Å². The molecule has 1 unspecified atom stereocenters. The zero-order valence-corrected chi connectivity index (χ0v) is 15.9. The van der Waals surface area contributed by atoms with Gasteiger partial charge in [0.15, 0.2) is 0 Å². The summed E-state index contributed by atoms with van der Waals surface area (Å²) < 4.78 is 27.2. The maximum Gasteiger partial charge on any atom is 0.226 e. The molecule has 3 heterocycles. The third-order valence-electron chi connectivity index (χ3n) is 5.75. The van der Waals surface area contributed by atoms with Crippen molar-refractivity contribution in [2.45, 2.75) is 32.2 Å². The molecule has 4 rings (SSSR count). The molecule has 3 atom stereocenters. The second-order valence-corrected chi connectivity index (χ2v) is 9.56. The van der Waals surface area contributed by atoms with Crippen LogP contribution in [0.4, 0.5) is 0 Å². The average Bonchev–Trinajstić information content (AvgIpc) is 3.05. The molecular weight excluding hydrogens is 352 g/mol. The number of sulfonamides is 1. The molecule has 26 heavy (non-hydrogen) atoms. The summed E-state index contributed by atoms with van der Waals surface area (Å²) in [6, 6.07) is 4.02. The highest BCUT2D eigenvalue weighted by molar-refractivity contribution is 7.88. The van der Waals surface area contributed by atoms with Crippen molar-refractivity contribution in [3.05, 3.63) is 35.8 Å². The topological polar surface area (TPSA) is 83.8 Å². The van der Waals surface area contributed by atoms with Crippen molar-refractivity contribution in [2.75, 3.05) is 19.3 Å². The van der Waals surface area contributed by atoms with Crippen LogP contribution in [0, 0.1) is 18.8 Å². The predicted molar refractivity (Wildman–Crippen MR) is 98.2 cm³/mol. The normalized spacial score (nSPS) is 26.3. The third kappa shape index (κ3) is 3.12. The van der Waals surface area contributed by atoms with Crippen molar-refractivity contribution in [2.24, 2.45) is 11.8 Å². The predicted octanol–water partition coefficient (Wildman–Crippen LogP) is 0.971. The van der Waals surface area contributed by atoms with Gasteiger partial charge in [0.2, 0.25) is 15.9 Å². The van der Waals surface area contributed by atoms with Gasteiger partial charge in [-0.1, -0.05) is 6.07 Å². The van der Waals surface area contributed by atoms with Crippen LogP contribution in [0.25, 0.3) is 5.65 Å². The fourth-order valence-electron chi connectivity index (χ4n) is 4.42. The smallest absolute Gasteiger partial charge is 0.226 e. The van der Waals surface area contributed by atoms with Crippen LogP contribution in [0.1, 0.15) is 24.1 Å². The van der Waals surface area contributed by atoms with E-state index in [9.17, 15) is 13.2 Å². The van der Waals surface area contributed by atoms with Gasteiger partial charge >= 0.3 is 0 Å². The van der Waals surface area contributed by atoms with Gasteiger partial charge in [0.1, 0.15) is 5.65 Å². The van der Waals surface area contributed by atoms with Crippen LogP contribution in [0.15, 0.2) is 24.5 Å². The highest BCUT2D eigenvalue weighted by Crippen LogP contribution is 2.37. The number of imidazole rings is 1. The van der Waals surface area contributed by atoms with Gasteiger partial charge in [-0.25, -0.2) is 17.7 Å². The quantitative estimate of drug-likeness (QED) is 0.862. The number of amides is 1. The van der Waals surface area contributed by atoms with Crippen LogP contribution in [-0.2, 0) is 21.2 Å². The molecule has 1 N–H and O–H groups in total. The Morgan fingerprint density at radius 2 is 2.00 bits per heavy atom. The average molecular weight is 376 g/mol. The highest BCUT2D eigenvalue weighted by atomic mass is 32.2. The molecule has 2 aliphatic rings. The lowest BCUT2D eigenvalue weighted by atomic mass is 9.93. The molecule has 0 spiro atoms. The second kappa shape index (κ2) is 6.35. The maximum atomic E-state index is 12.6. The van der Waals surface area contributed by atoms with Crippen LogP contribution >= 0.6 is 0 Å². The first-order valence-electron chi connectivity index (χ1n) is 8.99. The molecule has 2 bridgehead atoms. The fourth-order valence-corrected chi connectivity index (χ4v) is 5.34. The van der Waals surface area contributed by atoms with Gasteiger partial charge < -0.3 is 9.72 Å². The Hall–Kier alpha value is -1.93. The zero-order chi connectivity index (χ0) is 18.5.